The van der Waals surface area contributed by atoms with Crippen molar-refractivity contribution >= 4 is 10.1 Å². The van der Waals surface area contributed by atoms with Gasteiger partial charge < -0.3 is 9.66 Å². The van der Waals surface area contributed by atoms with Gasteiger partial charge in [0, 0.05) is 0 Å². The molecule has 1 N–H and O–H groups in total. The zero-order valence-electron chi connectivity index (χ0n) is 11.2. The van der Waals surface area contributed by atoms with Crippen molar-refractivity contribution in [2.75, 3.05) is 0 Å². The molecule has 0 aromatic carbocycles. The van der Waals surface area contributed by atoms with Gasteiger partial charge in [-0.3, -0.25) is 0 Å². The molecule has 0 aromatic rings. The van der Waals surface area contributed by atoms with Crippen molar-refractivity contribution in [1.82, 2.24) is 0 Å². The van der Waals surface area contributed by atoms with Gasteiger partial charge in [-0.25, -0.2) is 8.42 Å². The second-order valence-corrected chi connectivity index (χ2v) is 5.92. The molecule has 0 radical (unpaired) electrons. The van der Waals surface area contributed by atoms with Crippen LogP contribution >= 0.6 is 0 Å². The van der Waals surface area contributed by atoms with Gasteiger partial charge in [-0.15, -0.1) is 0 Å². The van der Waals surface area contributed by atoms with Crippen LogP contribution in [0, 0.1) is 0 Å². The maximum atomic E-state index is 10.8. The molecular formula is C11H23NaO4S. The Balaban J connectivity index is 0. The molecule has 2 atom stereocenters. The van der Waals surface area contributed by atoms with Crippen LogP contribution in [0.25, 0.3) is 0 Å². The third-order valence-corrected chi connectivity index (χ3v) is 4.12. The van der Waals surface area contributed by atoms with Crippen LogP contribution in [-0.4, -0.2) is 29.4 Å². The van der Waals surface area contributed by atoms with E-state index in [2.05, 4.69) is 6.92 Å². The number of hydrogen-bond donors (Lipinski definition) is 1. The minimum atomic E-state index is -4.36. The number of unbranched alkanes of at least 4 members (excludes halogenated alkanes) is 5. The van der Waals surface area contributed by atoms with Gasteiger partial charge in [0.2, 0.25) is 0 Å². The molecule has 0 amide bonds. The first-order chi connectivity index (χ1) is 7.39. The molecular weight excluding hydrogens is 251 g/mol. The molecule has 0 saturated carbocycles. The third kappa shape index (κ3) is 10.5. The van der Waals surface area contributed by atoms with Crippen molar-refractivity contribution in [2.24, 2.45) is 0 Å². The first kappa shape index (κ1) is 20.2. The van der Waals surface area contributed by atoms with Crippen LogP contribution in [0.4, 0.5) is 0 Å². The summed E-state index contributed by atoms with van der Waals surface area (Å²) in [7, 11) is -4.36. The van der Waals surface area contributed by atoms with Crippen LogP contribution in [0.2, 0.25) is 0 Å². The molecule has 6 heteroatoms. The van der Waals surface area contributed by atoms with E-state index >= 15 is 0 Å². The van der Waals surface area contributed by atoms with E-state index in [9.17, 15) is 18.1 Å². The van der Waals surface area contributed by atoms with Crippen LogP contribution in [-0.2, 0) is 10.1 Å². The SMILES string of the molecule is CCCCCCCCC(C(C)O)S(=O)(=O)[O-].[Na+]. The molecule has 0 saturated heterocycles. The van der Waals surface area contributed by atoms with Crippen LogP contribution in [0.3, 0.4) is 0 Å². The Morgan fingerprint density at radius 1 is 1.12 bits per heavy atom. The molecule has 0 heterocycles. The summed E-state index contributed by atoms with van der Waals surface area (Å²) in [6, 6.07) is 0. The summed E-state index contributed by atoms with van der Waals surface area (Å²) in [5.41, 5.74) is 0. The number of rotatable bonds is 9. The summed E-state index contributed by atoms with van der Waals surface area (Å²) >= 11 is 0. The van der Waals surface area contributed by atoms with E-state index in [0.29, 0.717) is 6.42 Å². The van der Waals surface area contributed by atoms with E-state index < -0.39 is 21.5 Å². The fraction of sp³-hybridized carbons (Fsp3) is 1.00. The zero-order valence-corrected chi connectivity index (χ0v) is 14.0. The monoisotopic (exact) mass is 274 g/mol. The predicted octanol–water partition coefficient (Wildman–Crippen LogP) is -0.964. The van der Waals surface area contributed by atoms with Crippen molar-refractivity contribution in [2.45, 2.75) is 70.1 Å². The van der Waals surface area contributed by atoms with Gasteiger partial charge in [0.15, 0.2) is 0 Å². The molecule has 2 unspecified atom stereocenters. The molecule has 0 aliphatic rings. The summed E-state index contributed by atoms with van der Waals surface area (Å²) in [6.45, 7) is 3.49. The predicted molar refractivity (Wildman–Crippen MR) is 63.2 cm³/mol. The van der Waals surface area contributed by atoms with Crippen molar-refractivity contribution in [1.29, 1.82) is 0 Å². The van der Waals surface area contributed by atoms with Gasteiger partial charge in [-0.2, -0.15) is 0 Å². The van der Waals surface area contributed by atoms with E-state index in [4.69, 9.17) is 0 Å². The standard InChI is InChI=1S/C11H24O4S.Na/c1-3-4-5-6-7-8-9-11(10(2)12)16(13,14)15;/h10-12H,3-9H2,1-2H3,(H,13,14,15);/q;+1/p-1. The number of hydrogen-bond acceptors (Lipinski definition) is 4. The van der Waals surface area contributed by atoms with Gasteiger partial charge in [0.1, 0.15) is 10.1 Å². The fourth-order valence-corrected chi connectivity index (χ4v) is 2.69. The number of aliphatic hydroxyl groups is 1. The Morgan fingerprint density at radius 2 is 1.59 bits per heavy atom. The third-order valence-electron chi connectivity index (χ3n) is 2.75. The topological polar surface area (TPSA) is 77.4 Å². The molecule has 17 heavy (non-hydrogen) atoms. The van der Waals surface area contributed by atoms with Gasteiger partial charge >= 0.3 is 29.6 Å². The van der Waals surface area contributed by atoms with E-state index in [1.165, 1.54) is 19.8 Å². The van der Waals surface area contributed by atoms with Crippen molar-refractivity contribution in [3.05, 3.63) is 0 Å². The van der Waals surface area contributed by atoms with Crippen LogP contribution in [0.1, 0.15) is 58.8 Å². The maximum absolute atomic E-state index is 10.8. The van der Waals surface area contributed by atoms with Gasteiger partial charge in [0.05, 0.1) is 11.4 Å². The molecule has 4 nitrogen and oxygen atoms in total. The first-order valence-corrected chi connectivity index (χ1v) is 7.49. The van der Waals surface area contributed by atoms with Gasteiger partial charge in [0.25, 0.3) is 0 Å². The quantitative estimate of drug-likeness (QED) is 0.333. The second-order valence-electron chi connectivity index (χ2n) is 4.33. The van der Waals surface area contributed by atoms with Gasteiger partial charge in [-0.05, 0) is 13.3 Å². The van der Waals surface area contributed by atoms with E-state index in [1.54, 1.807) is 0 Å². The molecule has 0 bridgehead atoms. The van der Waals surface area contributed by atoms with Crippen LogP contribution in [0.15, 0.2) is 0 Å². The maximum Gasteiger partial charge on any atom is 1.00 e. The summed E-state index contributed by atoms with van der Waals surface area (Å²) in [5.74, 6) is 0. The van der Waals surface area contributed by atoms with Crippen LogP contribution < -0.4 is 29.6 Å². The minimum absolute atomic E-state index is 0. The van der Waals surface area contributed by atoms with Crippen molar-refractivity contribution < 1.29 is 47.6 Å². The summed E-state index contributed by atoms with van der Waals surface area (Å²) < 4.78 is 32.5. The van der Waals surface area contributed by atoms with E-state index in [0.717, 1.165) is 19.3 Å². The van der Waals surface area contributed by atoms with E-state index in [1.807, 2.05) is 0 Å². The fourth-order valence-electron chi connectivity index (χ4n) is 1.75. The van der Waals surface area contributed by atoms with Crippen molar-refractivity contribution in [3.63, 3.8) is 0 Å². The summed E-state index contributed by atoms with van der Waals surface area (Å²) in [4.78, 5) is 0. The Bertz CT molecular complexity index is 265. The number of aliphatic hydroxyl groups excluding tert-OH is 1. The molecule has 98 valence electrons. The average molecular weight is 274 g/mol. The summed E-state index contributed by atoms with van der Waals surface area (Å²) in [6.07, 6.45) is 5.41. The molecule has 0 aromatic heterocycles. The average Bonchev–Trinajstić information content (AvgIpc) is 2.13. The largest absolute Gasteiger partial charge is 1.00 e. The Morgan fingerprint density at radius 3 is 2.00 bits per heavy atom. The minimum Gasteiger partial charge on any atom is -0.748 e. The van der Waals surface area contributed by atoms with Gasteiger partial charge in [-0.1, -0.05) is 45.4 Å². The zero-order chi connectivity index (χ0) is 12.6. The molecule has 0 rings (SSSR count). The molecule has 0 fully saturated rings. The Labute approximate surface area is 127 Å². The van der Waals surface area contributed by atoms with Crippen molar-refractivity contribution in [3.8, 4) is 0 Å². The summed E-state index contributed by atoms with van der Waals surface area (Å²) in [5, 5.41) is 8.07. The molecule has 0 aliphatic carbocycles. The Hall–Kier alpha value is 0.870. The Kier molecular flexibility index (Phi) is 12.8. The second kappa shape index (κ2) is 10.8. The molecule has 0 aliphatic heterocycles. The van der Waals surface area contributed by atoms with E-state index in [-0.39, 0.29) is 36.0 Å². The normalized spacial score (nSPS) is 15.1. The van der Waals surface area contributed by atoms with Crippen LogP contribution in [0.5, 0.6) is 0 Å². The first-order valence-electron chi connectivity index (χ1n) is 6.02. The smallest absolute Gasteiger partial charge is 0.748 e. The molecule has 0 spiro atoms.